The fourth-order valence-electron chi connectivity index (χ4n) is 2.25. The second kappa shape index (κ2) is 3.82. The van der Waals surface area contributed by atoms with Gasteiger partial charge in [0.05, 0.1) is 5.60 Å². The average molecular weight is 200 g/mol. The van der Waals surface area contributed by atoms with E-state index in [-0.39, 0.29) is 11.5 Å². The first-order valence-corrected chi connectivity index (χ1v) is 5.68. The molecular weight excluding hydrogens is 176 g/mol. The molecule has 1 fully saturated rings. The van der Waals surface area contributed by atoms with E-state index in [0.29, 0.717) is 5.92 Å². The van der Waals surface area contributed by atoms with Crippen LogP contribution in [0.4, 0.5) is 0 Å². The smallest absolute Gasteiger partial charge is 0.168 e. The lowest BCUT2D eigenvalue weighted by molar-refractivity contribution is -0.312. The van der Waals surface area contributed by atoms with E-state index in [1.807, 2.05) is 0 Å². The lowest BCUT2D eigenvalue weighted by Gasteiger charge is -2.46. The molecular formula is C12H24O2. The molecule has 0 aromatic rings. The molecule has 0 unspecified atom stereocenters. The molecule has 1 saturated heterocycles. The zero-order chi connectivity index (χ0) is 11.0. The second-order valence-electron chi connectivity index (χ2n) is 5.74. The molecule has 1 N–H and O–H groups in total. The highest BCUT2D eigenvalue weighted by Crippen LogP contribution is 2.40. The number of rotatable bonds is 2. The quantitative estimate of drug-likeness (QED) is 0.742. The Hall–Kier alpha value is -0.0800. The van der Waals surface area contributed by atoms with Gasteiger partial charge in [-0.05, 0) is 32.6 Å². The third-order valence-electron chi connectivity index (χ3n) is 3.10. The van der Waals surface area contributed by atoms with E-state index >= 15 is 0 Å². The molecule has 84 valence electrons. The van der Waals surface area contributed by atoms with Crippen LogP contribution in [0.2, 0.25) is 0 Å². The number of ether oxygens (including phenoxy) is 1. The third kappa shape index (κ3) is 2.71. The molecule has 2 atom stereocenters. The van der Waals surface area contributed by atoms with Gasteiger partial charge in [-0.15, -0.1) is 0 Å². The Bertz CT molecular complexity index is 198. The van der Waals surface area contributed by atoms with E-state index in [9.17, 15) is 5.11 Å². The lowest BCUT2D eigenvalue weighted by Crippen LogP contribution is -2.51. The molecule has 2 heteroatoms. The van der Waals surface area contributed by atoms with Crippen LogP contribution in [0.5, 0.6) is 0 Å². The fourth-order valence-corrected chi connectivity index (χ4v) is 2.25. The topological polar surface area (TPSA) is 29.5 Å². The first kappa shape index (κ1) is 12.0. The first-order valence-electron chi connectivity index (χ1n) is 5.68. The monoisotopic (exact) mass is 200 g/mol. The van der Waals surface area contributed by atoms with Crippen LogP contribution in [0.25, 0.3) is 0 Å². The van der Waals surface area contributed by atoms with Crippen molar-refractivity contribution in [3.63, 3.8) is 0 Å². The van der Waals surface area contributed by atoms with E-state index in [1.165, 1.54) is 0 Å². The van der Waals surface area contributed by atoms with Gasteiger partial charge in [-0.1, -0.05) is 20.8 Å². The van der Waals surface area contributed by atoms with E-state index < -0.39 is 5.79 Å². The normalized spacial score (nSPS) is 37.5. The van der Waals surface area contributed by atoms with Crippen molar-refractivity contribution < 1.29 is 9.84 Å². The number of hydrogen-bond donors (Lipinski definition) is 1. The van der Waals surface area contributed by atoms with Crippen LogP contribution in [-0.4, -0.2) is 16.5 Å². The summed E-state index contributed by atoms with van der Waals surface area (Å²) < 4.78 is 5.84. The Morgan fingerprint density at radius 1 is 1.43 bits per heavy atom. The van der Waals surface area contributed by atoms with Crippen molar-refractivity contribution in [1.29, 1.82) is 0 Å². The van der Waals surface area contributed by atoms with Crippen molar-refractivity contribution in [2.75, 3.05) is 0 Å². The Morgan fingerprint density at radius 2 is 2.00 bits per heavy atom. The summed E-state index contributed by atoms with van der Waals surface area (Å²) >= 11 is 0. The summed E-state index contributed by atoms with van der Waals surface area (Å²) in [5, 5.41) is 10.4. The molecule has 1 aliphatic rings. The summed E-state index contributed by atoms with van der Waals surface area (Å²) in [5.41, 5.74) is -0.170. The summed E-state index contributed by atoms with van der Waals surface area (Å²) in [6, 6.07) is 0. The van der Waals surface area contributed by atoms with E-state index in [4.69, 9.17) is 4.74 Å². The van der Waals surface area contributed by atoms with Gasteiger partial charge in [0.1, 0.15) is 0 Å². The summed E-state index contributed by atoms with van der Waals surface area (Å²) in [6.45, 7) is 10.4. The van der Waals surface area contributed by atoms with Crippen molar-refractivity contribution in [2.24, 2.45) is 11.8 Å². The van der Waals surface area contributed by atoms with Crippen LogP contribution in [0.3, 0.4) is 0 Å². The van der Waals surface area contributed by atoms with Gasteiger partial charge in [0.15, 0.2) is 5.79 Å². The van der Waals surface area contributed by atoms with Gasteiger partial charge in [0.2, 0.25) is 0 Å². The molecule has 1 heterocycles. The summed E-state index contributed by atoms with van der Waals surface area (Å²) in [6.07, 6.45) is 2.82. The van der Waals surface area contributed by atoms with E-state index in [2.05, 4.69) is 34.6 Å². The highest BCUT2D eigenvalue weighted by atomic mass is 16.6. The number of aliphatic hydroxyl groups is 1. The summed E-state index contributed by atoms with van der Waals surface area (Å²) in [7, 11) is 0. The van der Waals surface area contributed by atoms with Gasteiger partial charge in [0, 0.05) is 12.3 Å². The van der Waals surface area contributed by atoms with Crippen molar-refractivity contribution in [3.8, 4) is 0 Å². The zero-order valence-electron chi connectivity index (χ0n) is 10.1. The zero-order valence-corrected chi connectivity index (χ0v) is 10.1. The van der Waals surface area contributed by atoms with Gasteiger partial charge in [-0.2, -0.15) is 0 Å². The molecule has 0 aromatic carbocycles. The molecule has 0 spiro atoms. The molecule has 0 amide bonds. The Morgan fingerprint density at radius 3 is 2.50 bits per heavy atom. The molecule has 0 aliphatic carbocycles. The maximum Gasteiger partial charge on any atom is 0.168 e. The fraction of sp³-hybridized carbons (Fsp3) is 1.00. The predicted octanol–water partition coefficient (Wildman–Crippen LogP) is 2.95. The van der Waals surface area contributed by atoms with Crippen molar-refractivity contribution in [1.82, 2.24) is 0 Å². The first-order chi connectivity index (χ1) is 6.25. The van der Waals surface area contributed by atoms with Crippen molar-refractivity contribution in [3.05, 3.63) is 0 Å². The van der Waals surface area contributed by atoms with Gasteiger partial charge < -0.3 is 9.84 Å². The molecule has 0 radical (unpaired) electrons. The average Bonchev–Trinajstić information content (AvgIpc) is 1.95. The maximum absolute atomic E-state index is 10.4. The minimum Gasteiger partial charge on any atom is -0.365 e. The molecule has 0 bridgehead atoms. The molecule has 14 heavy (non-hydrogen) atoms. The SMILES string of the molecule is CC(C)C[C@@]1(O)OC(C)(C)CC[C@@H]1C. The van der Waals surface area contributed by atoms with E-state index in [1.54, 1.807) is 0 Å². The maximum atomic E-state index is 10.4. The van der Waals surface area contributed by atoms with Gasteiger partial charge in [-0.25, -0.2) is 0 Å². The predicted molar refractivity (Wildman–Crippen MR) is 58.0 cm³/mol. The number of hydrogen-bond acceptors (Lipinski definition) is 2. The minimum absolute atomic E-state index is 0.170. The van der Waals surface area contributed by atoms with Crippen LogP contribution < -0.4 is 0 Å². The second-order valence-corrected chi connectivity index (χ2v) is 5.74. The summed E-state index contributed by atoms with van der Waals surface area (Å²) in [5.74, 6) is -0.190. The van der Waals surface area contributed by atoms with Crippen molar-refractivity contribution >= 4 is 0 Å². The Balaban J connectivity index is 2.72. The standard InChI is InChI=1S/C12H24O2/c1-9(2)8-12(13)10(3)6-7-11(4,5)14-12/h9-10,13H,6-8H2,1-5H3/t10-,12+/m0/s1. The molecule has 1 rings (SSSR count). The van der Waals surface area contributed by atoms with Crippen LogP contribution >= 0.6 is 0 Å². The molecule has 1 aliphatic heterocycles. The van der Waals surface area contributed by atoms with Crippen LogP contribution in [-0.2, 0) is 4.74 Å². The van der Waals surface area contributed by atoms with Gasteiger partial charge >= 0.3 is 0 Å². The Kier molecular flexibility index (Phi) is 3.27. The van der Waals surface area contributed by atoms with Gasteiger partial charge in [0.25, 0.3) is 0 Å². The van der Waals surface area contributed by atoms with Gasteiger partial charge in [-0.3, -0.25) is 0 Å². The molecule has 2 nitrogen and oxygen atoms in total. The van der Waals surface area contributed by atoms with Crippen molar-refractivity contribution in [2.45, 2.75) is 65.3 Å². The summed E-state index contributed by atoms with van der Waals surface area (Å²) in [4.78, 5) is 0. The van der Waals surface area contributed by atoms with E-state index in [0.717, 1.165) is 19.3 Å². The lowest BCUT2D eigenvalue weighted by atomic mass is 9.82. The molecule has 0 saturated carbocycles. The Labute approximate surface area is 87.7 Å². The highest BCUT2D eigenvalue weighted by Gasteiger charge is 2.44. The molecule has 0 aromatic heterocycles. The third-order valence-corrected chi connectivity index (χ3v) is 3.10. The minimum atomic E-state index is -0.907. The van der Waals surface area contributed by atoms with Crippen LogP contribution in [0.1, 0.15) is 53.9 Å². The van der Waals surface area contributed by atoms with Crippen LogP contribution in [0, 0.1) is 11.8 Å². The highest BCUT2D eigenvalue weighted by molar-refractivity contribution is 4.87. The van der Waals surface area contributed by atoms with Crippen LogP contribution in [0.15, 0.2) is 0 Å². The largest absolute Gasteiger partial charge is 0.365 e.